The zero-order valence-corrected chi connectivity index (χ0v) is 24.2. The molecule has 13 heteroatoms. The SMILES string of the molecule is CN[C@H](CSCNC(C)=O)C(=O)N(C)[C@@H](CSCNC(C)=O)C(=O)N[C@H](COC(C)=O)Cc1ccccc1. The fourth-order valence-corrected chi connectivity index (χ4v) is 5.25. The molecule has 0 aliphatic heterocycles. The van der Waals surface area contributed by atoms with Gasteiger partial charge >= 0.3 is 5.97 Å². The minimum absolute atomic E-state index is 0.0156. The molecule has 0 spiro atoms. The van der Waals surface area contributed by atoms with Gasteiger partial charge in [-0.15, -0.1) is 23.5 Å². The molecule has 11 nitrogen and oxygen atoms in total. The van der Waals surface area contributed by atoms with Crippen molar-refractivity contribution in [1.82, 2.24) is 26.2 Å². The maximum Gasteiger partial charge on any atom is 0.302 e. The number of amides is 4. The van der Waals surface area contributed by atoms with Gasteiger partial charge in [-0.1, -0.05) is 30.3 Å². The molecule has 1 rings (SSSR count). The first kappa shape index (κ1) is 33.3. The number of benzene rings is 1. The van der Waals surface area contributed by atoms with Crippen LogP contribution in [0, 0.1) is 0 Å². The van der Waals surface area contributed by atoms with Crippen LogP contribution in [0.2, 0.25) is 0 Å². The second kappa shape index (κ2) is 18.5. The summed E-state index contributed by atoms with van der Waals surface area (Å²) in [4.78, 5) is 62.0. The molecular formula is C25H39N5O6S2. The summed E-state index contributed by atoms with van der Waals surface area (Å²) in [6.45, 7) is 4.11. The van der Waals surface area contributed by atoms with Crippen molar-refractivity contribution in [3.8, 4) is 0 Å². The number of likely N-dealkylation sites (N-methyl/N-ethyl adjacent to an activating group) is 2. The van der Waals surface area contributed by atoms with Crippen LogP contribution in [-0.4, -0.2) is 96.6 Å². The largest absolute Gasteiger partial charge is 0.464 e. The summed E-state index contributed by atoms with van der Waals surface area (Å²) in [6.07, 6.45) is 0.433. The Hall–Kier alpha value is -2.77. The van der Waals surface area contributed by atoms with Crippen LogP contribution in [0.5, 0.6) is 0 Å². The molecule has 0 aliphatic carbocycles. The molecule has 0 radical (unpaired) electrons. The Morgan fingerprint density at radius 2 is 1.50 bits per heavy atom. The maximum absolute atomic E-state index is 13.5. The van der Waals surface area contributed by atoms with E-state index < -0.39 is 30.0 Å². The van der Waals surface area contributed by atoms with E-state index in [0.717, 1.165) is 5.56 Å². The van der Waals surface area contributed by atoms with Gasteiger partial charge in [-0.3, -0.25) is 24.0 Å². The Labute approximate surface area is 232 Å². The van der Waals surface area contributed by atoms with Gasteiger partial charge < -0.3 is 30.9 Å². The van der Waals surface area contributed by atoms with Crippen molar-refractivity contribution in [1.29, 1.82) is 0 Å². The number of hydrogen-bond donors (Lipinski definition) is 4. The Kier molecular flexibility index (Phi) is 16.2. The van der Waals surface area contributed by atoms with Crippen molar-refractivity contribution in [3.63, 3.8) is 0 Å². The van der Waals surface area contributed by atoms with Gasteiger partial charge in [0.25, 0.3) is 0 Å². The third-order valence-electron chi connectivity index (χ3n) is 5.33. The zero-order valence-electron chi connectivity index (χ0n) is 22.6. The van der Waals surface area contributed by atoms with Gasteiger partial charge in [0.05, 0.1) is 23.8 Å². The standard InChI is InChI=1S/C25H39N5O6S2/c1-17(31)27-15-37-13-22(26-4)25(35)30(5)23(14-38-16-28-18(2)32)24(34)29-21(12-36-19(3)33)11-20-9-7-6-8-10-20/h6-10,21-23,26H,11-16H2,1-5H3,(H,27,31)(H,28,32)(H,29,34)/t21-,22+,23-/m0/s1. The number of esters is 1. The molecule has 4 amide bonds. The number of ether oxygens (including phenoxy) is 1. The molecule has 0 fully saturated rings. The van der Waals surface area contributed by atoms with E-state index in [1.165, 1.54) is 49.2 Å². The minimum atomic E-state index is -0.854. The normalized spacial score (nSPS) is 13.0. The second-order valence-electron chi connectivity index (χ2n) is 8.50. The average molecular weight is 570 g/mol. The van der Waals surface area contributed by atoms with Gasteiger partial charge in [-0.05, 0) is 19.0 Å². The summed E-state index contributed by atoms with van der Waals surface area (Å²) in [5.41, 5.74) is 0.956. The average Bonchev–Trinajstić information content (AvgIpc) is 2.86. The monoisotopic (exact) mass is 569 g/mol. The Balaban J connectivity index is 3.00. The highest BCUT2D eigenvalue weighted by Gasteiger charge is 2.32. The third kappa shape index (κ3) is 13.7. The molecule has 4 N–H and O–H groups in total. The highest BCUT2D eigenvalue weighted by molar-refractivity contribution is 7.99. The molecule has 0 bridgehead atoms. The Morgan fingerprint density at radius 3 is 2.03 bits per heavy atom. The van der Waals surface area contributed by atoms with E-state index in [4.69, 9.17) is 4.74 Å². The van der Waals surface area contributed by atoms with Crippen LogP contribution in [0.1, 0.15) is 26.3 Å². The fourth-order valence-electron chi connectivity index (χ4n) is 3.26. The van der Waals surface area contributed by atoms with Crippen LogP contribution in [-0.2, 0) is 35.1 Å². The molecule has 212 valence electrons. The molecule has 38 heavy (non-hydrogen) atoms. The van der Waals surface area contributed by atoms with Crippen LogP contribution in [0.15, 0.2) is 30.3 Å². The third-order valence-corrected chi connectivity index (χ3v) is 7.15. The van der Waals surface area contributed by atoms with Gasteiger partial charge in [-0.25, -0.2) is 0 Å². The van der Waals surface area contributed by atoms with Gasteiger partial charge in [0.2, 0.25) is 23.6 Å². The number of hydrogen-bond acceptors (Lipinski definition) is 9. The molecule has 0 heterocycles. The quantitative estimate of drug-likeness (QED) is 0.119. The van der Waals surface area contributed by atoms with E-state index in [9.17, 15) is 24.0 Å². The molecule has 1 aromatic rings. The van der Waals surface area contributed by atoms with Crippen LogP contribution < -0.4 is 21.3 Å². The molecule has 0 aliphatic rings. The second-order valence-corrected chi connectivity index (χ2v) is 10.6. The fraction of sp³-hybridized carbons (Fsp3) is 0.560. The number of carbonyl (C=O) groups excluding carboxylic acids is 5. The van der Waals surface area contributed by atoms with Crippen molar-refractivity contribution in [2.75, 3.05) is 44.0 Å². The Morgan fingerprint density at radius 1 is 0.921 bits per heavy atom. The summed E-state index contributed by atoms with van der Waals surface area (Å²) in [5.74, 6) is -0.241. The summed E-state index contributed by atoms with van der Waals surface area (Å²) in [5, 5.41) is 11.3. The number of carbonyl (C=O) groups is 5. The van der Waals surface area contributed by atoms with Crippen LogP contribution in [0.25, 0.3) is 0 Å². The molecular weight excluding hydrogens is 530 g/mol. The first-order valence-electron chi connectivity index (χ1n) is 12.1. The first-order chi connectivity index (χ1) is 18.0. The molecule has 1 aromatic carbocycles. The van der Waals surface area contributed by atoms with Gasteiger partial charge in [0.15, 0.2) is 0 Å². The van der Waals surface area contributed by atoms with Crippen LogP contribution in [0.4, 0.5) is 0 Å². The molecule has 3 atom stereocenters. The molecule has 0 aromatic heterocycles. The van der Waals surface area contributed by atoms with Gasteiger partial charge in [0.1, 0.15) is 12.6 Å². The zero-order chi connectivity index (χ0) is 28.5. The first-order valence-corrected chi connectivity index (χ1v) is 14.4. The van der Waals surface area contributed by atoms with Crippen molar-refractivity contribution in [2.45, 2.75) is 45.3 Å². The maximum atomic E-state index is 13.5. The van der Waals surface area contributed by atoms with E-state index in [2.05, 4.69) is 21.3 Å². The highest BCUT2D eigenvalue weighted by Crippen LogP contribution is 2.13. The van der Waals surface area contributed by atoms with E-state index in [1.54, 1.807) is 14.1 Å². The summed E-state index contributed by atoms with van der Waals surface area (Å²) in [7, 11) is 3.22. The summed E-state index contributed by atoms with van der Waals surface area (Å²) < 4.78 is 5.19. The van der Waals surface area contributed by atoms with Crippen LogP contribution in [0.3, 0.4) is 0 Å². The van der Waals surface area contributed by atoms with E-state index in [1.807, 2.05) is 30.3 Å². The predicted molar refractivity (Wildman–Crippen MR) is 150 cm³/mol. The van der Waals surface area contributed by atoms with E-state index in [0.29, 0.717) is 18.1 Å². The molecule has 0 unspecified atom stereocenters. The molecule has 0 saturated heterocycles. The minimum Gasteiger partial charge on any atom is -0.464 e. The van der Waals surface area contributed by atoms with Crippen molar-refractivity contribution in [2.24, 2.45) is 0 Å². The van der Waals surface area contributed by atoms with Crippen molar-refractivity contribution in [3.05, 3.63) is 35.9 Å². The highest BCUT2D eigenvalue weighted by atomic mass is 32.2. The number of nitrogens with one attached hydrogen (secondary N) is 4. The lowest BCUT2D eigenvalue weighted by molar-refractivity contribution is -0.143. The van der Waals surface area contributed by atoms with Crippen molar-refractivity contribution >= 4 is 53.1 Å². The lowest BCUT2D eigenvalue weighted by Gasteiger charge is -2.31. The van der Waals surface area contributed by atoms with Gasteiger partial charge in [-0.2, -0.15) is 0 Å². The smallest absolute Gasteiger partial charge is 0.302 e. The van der Waals surface area contributed by atoms with E-state index in [-0.39, 0.29) is 36.0 Å². The van der Waals surface area contributed by atoms with E-state index >= 15 is 0 Å². The lowest BCUT2D eigenvalue weighted by atomic mass is 10.1. The summed E-state index contributed by atoms with van der Waals surface area (Å²) >= 11 is 2.69. The van der Waals surface area contributed by atoms with Crippen LogP contribution >= 0.6 is 23.5 Å². The summed E-state index contributed by atoms with van der Waals surface area (Å²) in [6, 6.07) is 7.54. The number of thioether (sulfide) groups is 2. The van der Waals surface area contributed by atoms with Crippen molar-refractivity contribution < 1.29 is 28.7 Å². The topological polar surface area (TPSA) is 146 Å². The number of rotatable bonds is 17. The number of nitrogens with zero attached hydrogens (tertiary/aromatic N) is 1. The lowest BCUT2D eigenvalue weighted by Crippen LogP contribution is -2.56. The van der Waals surface area contributed by atoms with Gasteiger partial charge in [0, 0.05) is 39.3 Å². The molecule has 0 saturated carbocycles. The Bertz CT molecular complexity index is 921. The predicted octanol–water partition coefficient (Wildman–Crippen LogP) is 0.346.